The molecule has 0 saturated carbocycles. The van der Waals surface area contributed by atoms with E-state index in [1.54, 1.807) is 0 Å². The molecule has 0 radical (unpaired) electrons. The molecule has 4 rings (SSSR count). The van der Waals surface area contributed by atoms with E-state index in [1.165, 1.54) is 31.5 Å². The molecule has 5 heteroatoms. The highest BCUT2D eigenvalue weighted by Crippen LogP contribution is 2.25. The number of rotatable bonds is 6. The number of likely N-dealkylation sites (tertiary alicyclic amines) is 1. The molecular formula is C20H26N4O. The van der Waals surface area contributed by atoms with E-state index in [0.29, 0.717) is 0 Å². The van der Waals surface area contributed by atoms with Crippen LogP contribution in [0.25, 0.3) is 0 Å². The van der Waals surface area contributed by atoms with Gasteiger partial charge >= 0.3 is 0 Å². The van der Waals surface area contributed by atoms with Crippen LogP contribution in [0.5, 0.6) is 5.88 Å². The van der Waals surface area contributed by atoms with Crippen LogP contribution >= 0.6 is 0 Å². The fraction of sp³-hybridized carbons (Fsp3) is 0.500. The van der Waals surface area contributed by atoms with Crippen LogP contribution in [0.1, 0.15) is 42.3 Å². The summed E-state index contributed by atoms with van der Waals surface area (Å²) in [6.45, 7) is 5.21. The standard InChI is InChI=1S/C20H26N4O/c1-2-9-21-17(6-1)19-14-18-16(15-22-19)7-8-20(23-18)25-13-5-12-24-10-3-4-11-24/h1-2,6-9,19,22H,3-5,10-15H2. The first kappa shape index (κ1) is 16.5. The number of aromatic nitrogens is 2. The Morgan fingerprint density at radius 3 is 2.92 bits per heavy atom. The van der Waals surface area contributed by atoms with E-state index in [0.717, 1.165) is 49.8 Å². The molecule has 1 fully saturated rings. The maximum Gasteiger partial charge on any atom is 0.213 e. The van der Waals surface area contributed by atoms with Gasteiger partial charge < -0.3 is 15.0 Å². The zero-order chi connectivity index (χ0) is 16.9. The van der Waals surface area contributed by atoms with Crippen LogP contribution < -0.4 is 10.1 Å². The van der Waals surface area contributed by atoms with E-state index >= 15 is 0 Å². The lowest BCUT2D eigenvalue weighted by molar-refractivity contribution is 0.256. The Kier molecular flexibility index (Phi) is 5.23. The molecule has 1 atom stereocenters. The van der Waals surface area contributed by atoms with Gasteiger partial charge in [-0.05, 0) is 50.0 Å². The van der Waals surface area contributed by atoms with Crippen molar-refractivity contribution in [2.45, 2.75) is 38.3 Å². The number of fused-ring (bicyclic) bond motifs is 1. The van der Waals surface area contributed by atoms with Gasteiger partial charge in [-0.25, -0.2) is 4.98 Å². The largest absolute Gasteiger partial charge is 0.478 e. The molecule has 2 aliphatic heterocycles. The molecule has 4 heterocycles. The van der Waals surface area contributed by atoms with Gasteiger partial charge in [0.05, 0.1) is 24.0 Å². The molecule has 2 aromatic heterocycles. The van der Waals surface area contributed by atoms with Crippen LogP contribution in [0, 0.1) is 0 Å². The van der Waals surface area contributed by atoms with Crippen LogP contribution in [0.15, 0.2) is 36.5 Å². The topological polar surface area (TPSA) is 50.3 Å². The normalized spacial score (nSPS) is 20.4. The van der Waals surface area contributed by atoms with Crippen molar-refractivity contribution in [3.63, 3.8) is 0 Å². The van der Waals surface area contributed by atoms with E-state index in [1.807, 2.05) is 24.4 Å². The highest BCUT2D eigenvalue weighted by Gasteiger charge is 2.21. The predicted octanol–water partition coefficient (Wildman–Crippen LogP) is 2.73. The fourth-order valence-electron chi connectivity index (χ4n) is 3.69. The molecule has 5 nitrogen and oxygen atoms in total. The third kappa shape index (κ3) is 4.17. The van der Waals surface area contributed by atoms with E-state index < -0.39 is 0 Å². The maximum absolute atomic E-state index is 5.90. The van der Waals surface area contributed by atoms with Gasteiger partial charge in [0.2, 0.25) is 5.88 Å². The van der Waals surface area contributed by atoms with Gasteiger partial charge in [0.1, 0.15) is 0 Å². The summed E-state index contributed by atoms with van der Waals surface area (Å²) >= 11 is 0. The lowest BCUT2D eigenvalue weighted by Gasteiger charge is -2.25. The Morgan fingerprint density at radius 1 is 1.16 bits per heavy atom. The zero-order valence-corrected chi connectivity index (χ0v) is 14.7. The van der Waals surface area contributed by atoms with Gasteiger partial charge in [0, 0.05) is 31.8 Å². The van der Waals surface area contributed by atoms with Gasteiger partial charge in [0.25, 0.3) is 0 Å². The minimum Gasteiger partial charge on any atom is -0.478 e. The van der Waals surface area contributed by atoms with Crippen molar-refractivity contribution in [3.05, 3.63) is 53.5 Å². The summed E-state index contributed by atoms with van der Waals surface area (Å²) in [6, 6.07) is 10.4. The van der Waals surface area contributed by atoms with Gasteiger partial charge in [-0.2, -0.15) is 0 Å². The average Bonchev–Trinajstić information content (AvgIpc) is 3.19. The Balaban J connectivity index is 1.33. The number of hydrogen-bond acceptors (Lipinski definition) is 5. The molecule has 0 aliphatic carbocycles. The lowest BCUT2D eigenvalue weighted by Crippen LogP contribution is -2.29. The Bertz CT molecular complexity index is 685. The zero-order valence-electron chi connectivity index (χ0n) is 14.7. The molecule has 2 aliphatic rings. The van der Waals surface area contributed by atoms with Crippen molar-refractivity contribution in [2.24, 2.45) is 0 Å². The minimum absolute atomic E-state index is 0.228. The third-order valence-electron chi connectivity index (χ3n) is 5.09. The lowest BCUT2D eigenvalue weighted by atomic mass is 9.98. The second kappa shape index (κ2) is 7.93. The first-order valence-corrected chi connectivity index (χ1v) is 9.37. The van der Waals surface area contributed by atoms with Crippen molar-refractivity contribution < 1.29 is 4.74 Å². The monoisotopic (exact) mass is 338 g/mol. The molecule has 2 aromatic rings. The summed E-state index contributed by atoms with van der Waals surface area (Å²) in [5.74, 6) is 0.752. The second-order valence-corrected chi connectivity index (χ2v) is 6.90. The van der Waals surface area contributed by atoms with Crippen molar-refractivity contribution in [3.8, 4) is 5.88 Å². The van der Waals surface area contributed by atoms with Gasteiger partial charge in [-0.1, -0.05) is 12.1 Å². The summed E-state index contributed by atoms with van der Waals surface area (Å²) in [5.41, 5.74) is 3.47. The highest BCUT2D eigenvalue weighted by atomic mass is 16.5. The molecule has 1 saturated heterocycles. The number of nitrogens with zero attached hydrogens (tertiary/aromatic N) is 3. The Labute approximate surface area is 149 Å². The molecule has 0 spiro atoms. The summed E-state index contributed by atoms with van der Waals surface area (Å²) in [6.07, 6.45) is 6.46. The number of hydrogen-bond donors (Lipinski definition) is 1. The molecular weight excluding hydrogens is 312 g/mol. The summed E-state index contributed by atoms with van der Waals surface area (Å²) in [7, 11) is 0. The maximum atomic E-state index is 5.90. The van der Waals surface area contributed by atoms with Crippen molar-refractivity contribution in [1.29, 1.82) is 0 Å². The summed E-state index contributed by atoms with van der Waals surface area (Å²) in [4.78, 5) is 11.7. The quantitative estimate of drug-likeness (QED) is 0.821. The van der Waals surface area contributed by atoms with Gasteiger partial charge in [-0.3, -0.25) is 4.98 Å². The average molecular weight is 338 g/mol. The van der Waals surface area contributed by atoms with Gasteiger partial charge in [-0.15, -0.1) is 0 Å². The third-order valence-corrected chi connectivity index (χ3v) is 5.09. The molecule has 0 amide bonds. The second-order valence-electron chi connectivity index (χ2n) is 6.90. The summed E-state index contributed by atoms with van der Waals surface area (Å²) in [5, 5.41) is 3.55. The molecule has 1 N–H and O–H groups in total. The van der Waals surface area contributed by atoms with Crippen molar-refractivity contribution >= 4 is 0 Å². The van der Waals surface area contributed by atoms with Crippen LogP contribution in [-0.2, 0) is 13.0 Å². The first-order chi connectivity index (χ1) is 12.4. The fourth-order valence-corrected chi connectivity index (χ4v) is 3.69. The van der Waals surface area contributed by atoms with E-state index in [2.05, 4.69) is 27.3 Å². The molecule has 0 aromatic carbocycles. The minimum atomic E-state index is 0.228. The number of nitrogens with one attached hydrogen (secondary N) is 1. The van der Waals surface area contributed by atoms with Crippen LogP contribution in [0.4, 0.5) is 0 Å². The summed E-state index contributed by atoms with van der Waals surface area (Å²) < 4.78 is 5.90. The van der Waals surface area contributed by atoms with E-state index in [9.17, 15) is 0 Å². The molecule has 132 valence electrons. The first-order valence-electron chi connectivity index (χ1n) is 9.37. The Hall–Kier alpha value is -1.98. The molecule has 0 bridgehead atoms. The molecule has 25 heavy (non-hydrogen) atoms. The predicted molar refractivity (Wildman–Crippen MR) is 97.5 cm³/mol. The van der Waals surface area contributed by atoms with Crippen LogP contribution in [0.2, 0.25) is 0 Å². The Morgan fingerprint density at radius 2 is 2.08 bits per heavy atom. The van der Waals surface area contributed by atoms with Crippen molar-refractivity contribution in [1.82, 2.24) is 20.2 Å². The number of pyridine rings is 2. The van der Waals surface area contributed by atoms with E-state index in [-0.39, 0.29) is 6.04 Å². The van der Waals surface area contributed by atoms with Gasteiger partial charge in [0.15, 0.2) is 0 Å². The van der Waals surface area contributed by atoms with Crippen LogP contribution in [-0.4, -0.2) is 41.1 Å². The van der Waals surface area contributed by atoms with E-state index in [4.69, 9.17) is 9.72 Å². The smallest absolute Gasteiger partial charge is 0.213 e. The SMILES string of the molecule is c1ccc(C2Cc3nc(OCCCN4CCCC4)ccc3CN2)nc1. The number of ether oxygens (including phenoxy) is 1. The van der Waals surface area contributed by atoms with Crippen molar-refractivity contribution in [2.75, 3.05) is 26.2 Å². The van der Waals surface area contributed by atoms with Crippen LogP contribution in [0.3, 0.4) is 0 Å². The highest BCUT2D eigenvalue weighted by molar-refractivity contribution is 5.30. The molecule has 1 unspecified atom stereocenters.